The summed E-state index contributed by atoms with van der Waals surface area (Å²) in [5.74, 6) is 0.565. The van der Waals surface area contributed by atoms with Crippen molar-refractivity contribution in [2.45, 2.75) is 103 Å². The molecule has 0 heterocycles. The third-order valence-corrected chi connectivity index (χ3v) is 11.6. The second-order valence-corrected chi connectivity index (χ2v) is 13.7. The summed E-state index contributed by atoms with van der Waals surface area (Å²) >= 11 is 0. The Morgan fingerprint density at radius 1 is 0.704 bits per heavy atom. The minimum atomic E-state index is -3.06. The van der Waals surface area contributed by atoms with E-state index in [0.717, 1.165) is 51.4 Å². The fourth-order valence-corrected chi connectivity index (χ4v) is 10.4. The van der Waals surface area contributed by atoms with Crippen molar-refractivity contribution in [3.8, 4) is 0 Å². The average molecular weight is 397 g/mol. The Balaban J connectivity index is 2.38. The number of hydrogen-bond acceptors (Lipinski definition) is 4. The molecule has 0 aliphatic heterocycles. The zero-order valence-electron chi connectivity index (χ0n) is 17.9. The number of carbonyl (C=O) groups is 2. The van der Waals surface area contributed by atoms with Crippen LogP contribution in [0.2, 0.25) is 11.1 Å². The normalized spacial score (nSPS) is 20.1. The van der Waals surface area contributed by atoms with Crippen molar-refractivity contribution in [3.63, 3.8) is 0 Å². The first-order valence-electron chi connectivity index (χ1n) is 11.2. The van der Waals surface area contributed by atoms with Crippen LogP contribution in [0.1, 0.15) is 91.9 Å². The number of rotatable bonds is 8. The molecule has 0 aromatic carbocycles. The summed E-state index contributed by atoms with van der Waals surface area (Å²) in [6, 6.07) is 0. The molecular weight excluding hydrogens is 356 g/mol. The molecule has 27 heavy (non-hydrogen) atoms. The fourth-order valence-electron chi connectivity index (χ4n) is 4.92. The van der Waals surface area contributed by atoms with Crippen molar-refractivity contribution in [2.75, 3.05) is 13.2 Å². The van der Waals surface area contributed by atoms with Crippen molar-refractivity contribution in [3.05, 3.63) is 0 Å². The summed E-state index contributed by atoms with van der Waals surface area (Å²) in [7, 11) is -3.06. The Labute approximate surface area is 166 Å². The van der Waals surface area contributed by atoms with Gasteiger partial charge >= 0.3 is 8.07 Å². The van der Waals surface area contributed by atoms with Crippen molar-refractivity contribution < 1.29 is 19.1 Å². The van der Waals surface area contributed by atoms with Crippen LogP contribution < -0.4 is 0 Å². The molecule has 0 spiro atoms. The highest BCUT2D eigenvalue weighted by Crippen LogP contribution is 2.50. The minimum absolute atomic E-state index is 0.163. The van der Waals surface area contributed by atoms with Gasteiger partial charge < -0.3 is 9.47 Å². The van der Waals surface area contributed by atoms with Crippen LogP contribution in [0.25, 0.3) is 0 Å². The number of hydrogen-bond donors (Lipinski definition) is 0. The highest BCUT2D eigenvalue weighted by atomic mass is 28.3. The molecule has 0 unspecified atom stereocenters. The van der Waals surface area contributed by atoms with Crippen LogP contribution >= 0.6 is 0 Å². The molecule has 0 radical (unpaired) electrons. The molecule has 2 aliphatic carbocycles. The first-order chi connectivity index (χ1) is 12.9. The van der Waals surface area contributed by atoms with Gasteiger partial charge in [-0.2, -0.15) is 0 Å². The average Bonchev–Trinajstić information content (AvgIpc) is 2.67. The van der Waals surface area contributed by atoms with Crippen molar-refractivity contribution in [1.29, 1.82) is 0 Å². The fraction of sp³-hybridized carbons (Fsp3) is 0.909. The summed E-state index contributed by atoms with van der Waals surface area (Å²) in [6.45, 7) is 9.02. The van der Waals surface area contributed by atoms with Gasteiger partial charge in [0.1, 0.15) is 0 Å². The van der Waals surface area contributed by atoms with Crippen LogP contribution in [0.3, 0.4) is 0 Å². The lowest BCUT2D eigenvalue weighted by atomic mass is 9.99. The first kappa shape index (κ1) is 22.4. The maximum absolute atomic E-state index is 13.6. The molecule has 0 aromatic rings. The molecule has 156 valence electrons. The van der Waals surface area contributed by atoms with Gasteiger partial charge in [-0.1, -0.05) is 91.9 Å². The molecule has 0 aromatic heterocycles. The highest BCUT2D eigenvalue weighted by molar-refractivity contribution is 7.25. The van der Waals surface area contributed by atoms with Gasteiger partial charge in [-0.05, 0) is 22.9 Å². The molecule has 5 heteroatoms. The maximum atomic E-state index is 13.6. The van der Waals surface area contributed by atoms with Gasteiger partial charge in [-0.25, -0.2) is 0 Å². The van der Waals surface area contributed by atoms with Gasteiger partial charge in [0.05, 0.1) is 13.2 Å². The Hall–Kier alpha value is -0.843. The van der Waals surface area contributed by atoms with Crippen LogP contribution in [0.15, 0.2) is 0 Å². The van der Waals surface area contributed by atoms with Gasteiger partial charge in [0.25, 0.3) is 11.2 Å². The van der Waals surface area contributed by atoms with E-state index in [4.69, 9.17) is 9.47 Å². The molecular formula is C22H40O4Si. The van der Waals surface area contributed by atoms with E-state index < -0.39 is 8.07 Å². The summed E-state index contributed by atoms with van der Waals surface area (Å²) in [5.41, 5.74) is 0.0786. The minimum Gasteiger partial charge on any atom is -0.469 e. The van der Waals surface area contributed by atoms with E-state index in [1.54, 1.807) is 0 Å². The second-order valence-electron chi connectivity index (χ2n) is 9.52. The zero-order valence-corrected chi connectivity index (χ0v) is 18.9. The van der Waals surface area contributed by atoms with Crippen molar-refractivity contribution >= 4 is 19.3 Å². The highest BCUT2D eigenvalue weighted by Gasteiger charge is 2.63. The van der Waals surface area contributed by atoms with Gasteiger partial charge in [0.15, 0.2) is 0 Å². The van der Waals surface area contributed by atoms with E-state index in [2.05, 4.69) is 27.7 Å². The zero-order chi connectivity index (χ0) is 19.9. The van der Waals surface area contributed by atoms with E-state index in [0.29, 0.717) is 13.2 Å². The predicted octanol–water partition coefficient (Wildman–Crippen LogP) is 6.85. The van der Waals surface area contributed by atoms with Gasteiger partial charge in [-0.15, -0.1) is 0 Å². The molecule has 2 aliphatic rings. The molecule has 2 saturated carbocycles. The van der Waals surface area contributed by atoms with E-state index in [1.807, 2.05) is 0 Å². The molecule has 0 bridgehead atoms. The summed E-state index contributed by atoms with van der Waals surface area (Å²) in [6.07, 6.45) is 10.9. The SMILES string of the molecule is CC(C)COC(=O)[Si](C(=O)OCC(C)C)(C1CCCCC1)C1CCCCC1. The van der Waals surface area contributed by atoms with Gasteiger partial charge in [0.2, 0.25) is 0 Å². The molecule has 2 rings (SSSR count). The van der Waals surface area contributed by atoms with Crippen LogP contribution in [-0.4, -0.2) is 32.5 Å². The lowest BCUT2D eigenvalue weighted by Gasteiger charge is -2.42. The maximum Gasteiger partial charge on any atom is 0.317 e. The van der Waals surface area contributed by atoms with Crippen LogP contribution in [0, 0.1) is 11.8 Å². The third-order valence-electron chi connectivity index (χ3n) is 6.27. The molecule has 0 saturated heterocycles. The smallest absolute Gasteiger partial charge is 0.317 e. The number of carbonyl (C=O) groups excluding carboxylic acids is 2. The lowest BCUT2D eigenvalue weighted by molar-refractivity contribution is 0.143. The monoisotopic (exact) mass is 396 g/mol. The largest absolute Gasteiger partial charge is 0.469 e. The van der Waals surface area contributed by atoms with E-state index in [1.165, 1.54) is 12.8 Å². The Bertz CT molecular complexity index is 433. The Morgan fingerprint density at radius 2 is 1.04 bits per heavy atom. The van der Waals surface area contributed by atoms with Crippen LogP contribution in [-0.2, 0) is 9.47 Å². The first-order valence-corrected chi connectivity index (χ1v) is 13.4. The summed E-state index contributed by atoms with van der Waals surface area (Å²) in [5, 5.41) is 0. The van der Waals surface area contributed by atoms with Crippen LogP contribution in [0.5, 0.6) is 0 Å². The lowest BCUT2D eigenvalue weighted by Crippen LogP contribution is -2.61. The third kappa shape index (κ3) is 5.58. The summed E-state index contributed by atoms with van der Waals surface area (Å²) < 4.78 is 11.7. The quantitative estimate of drug-likeness (QED) is 0.421. The van der Waals surface area contributed by atoms with E-state index >= 15 is 0 Å². The second kappa shape index (κ2) is 10.6. The molecule has 4 nitrogen and oxygen atoms in total. The standard InChI is InChI=1S/C22H40O4Si/c1-17(2)15-25-21(23)27(19-11-7-5-8-12-19,20-13-9-6-10-14-20)22(24)26-16-18(3)4/h17-20H,5-16H2,1-4H3. The van der Waals surface area contributed by atoms with E-state index in [9.17, 15) is 9.59 Å². The molecule has 0 N–H and O–H groups in total. The molecule has 0 amide bonds. The predicted molar refractivity (Wildman–Crippen MR) is 112 cm³/mol. The van der Waals surface area contributed by atoms with Gasteiger partial charge in [0, 0.05) is 0 Å². The van der Waals surface area contributed by atoms with Crippen molar-refractivity contribution in [2.24, 2.45) is 11.8 Å². The van der Waals surface area contributed by atoms with Gasteiger partial charge in [-0.3, -0.25) is 9.59 Å². The Kier molecular flexibility index (Phi) is 8.84. The van der Waals surface area contributed by atoms with Crippen LogP contribution in [0.4, 0.5) is 9.59 Å². The van der Waals surface area contributed by atoms with E-state index in [-0.39, 0.29) is 34.1 Å². The molecule has 0 atom stereocenters. The molecule has 2 fully saturated rings. The topological polar surface area (TPSA) is 52.6 Å². The summed E-state index contributed by atoms with van der Waals surface area (Å²) in [4.78, 5) is 27.2. The Morgan fingerprint density at radius 3 is 1.33 bits per heavy atom. The van der Waals surface area contributed by atoms with Crippen molar-refractivity contribution in [1.82, 2.24) is 0 Å². The number of ether oxygens (including phenoxy) is 2.